The molecule has 0 aromatic heterocycles. The van der Waals surface area contributed by atoms with E-state index in [1.54, 1.807) is 17.9 Å². The Labute approximate surface area is 130 Å². The van der Waals surface area contributed by atoms with Gasteiger partial charge in [0.15, 0.2) is 0 Å². The number of aryl methyl sites for hydroxylation is 1. The van der Waals surface area contributed by atoms with Crippen molar-refractivity contribution in [1.29, 1.82) is 0 Å². The number of nitrogens with zero attached hydrogens (tertiary/aromatic N) is 1. The number of hydrogen-bond acceptors (Lipinski definition) is 3. The molecule has 0 N–H and O–H groups in total. The molecule has 0 bridgehead atoms. The first kappa shape index (κ1) is 16.3. The molecule has 116 valence electrons. The maximum absolute atomic E-state index is 12.5. The second-order valence-corrected chi connectivity index (χ2v) is 8.99. The molecule has 0 atom stereocenters. The summed E-state index contributed by atoms with van der Waals surface area (Å²) in [4.78, 5) is 14.3. The molecular weight excluding hydrogens is 310 g/mol. The van der Waals surface area contributed by atoms with Gasteiger partial charge < -0.3 is 4.90 Å². The number of piperidine rings is 1. The van der Waals surface area contributed by atoms with Gasteiger partial charge in [0.1, 0.15) is 0 Å². The van der Waals surface area contributed by atoms with E-state index in [4.69, 9.17) is 10.7 Å². The van der Waals surface area contributed by atoms with E-state index < -0.39 is 9.05 Å². The zero-order valence-electron chi connectivity index (χ0n) is 12.5. The van der Waals surface area contributed by atoms with Gasteiger partial charge in [0.25, 0.3) is 15.0 Å². The molecule has 1 aromatic carbocycles. The van der Waals surface area contributed by atoms with Crippen molar-refractivity contribution in [2.75, 3.05) is 13.1 Å². The van der Waals surface area contributed by atoms with Crippen LogP contribution < -0.4 is 0 Å². The minimum absolute atomic E-state index is 0.0233. The lowest BCUT2D eigenvalue weighted by atomic mass is 9.82. The van der Waals surface area contributed by atoms with E-state index >= 15 is 0 Å². The molecule has 0 aliphatic carbocycles. The molecule has 6 heteroatoms. The summed E-state index contributed by atoms with van der Waals surface area (Å²) in [6, 6.07) is 4.53. The molecule has 1 aliphatic heterocycles. The van der Waals surface area contributed by atoms with Gasteiger partial charge in [-0.05, 0) is 48.9 Å². The molecule has 0 spiro atoms. The predicted molar refractivity (Wildman–Crippen MR) is 83.1 cm³/mol. The Morgan fingerprint density at radius 2 is 1.76 bits per heavy atom. The highest BCUT2D eigenvalue weighted by Crippen LogP contribution is 2.30. The number of benzene rings is 1. The van der Waals surface area contributed by atoms with Crippen LogP contribution in [0.5, 0.6) is 0 Å². The fraction of sp³-hybridized carbons (Fsp3) is 0.533. The zero-order chi connectivity index (χ0) is 15.8. The van der Waals surface area contributed by atoms with Gasteiger partial charge in [-0.25, -0.2) is 8.42 Å². The number of amides is 1. The van der Waals surface area contributed by atoms with E-state index in [2.05, 4.69) is 13.8 Å². The van der Waals surface area contributed by atoms with Gasteiger partial charge in [0.05, 0.1) is 4.90 Å². The smallest absolute Gasteiger partial charge is 0.261 e. The largest absolute Gasteiger partial charge is 0.339 e. The summed E-state index contributed by atoms with van der Waals surface area (Å²) >= 11 is 0. The molecule has 1 aliphatic rings. The van der Waals surface area contributed by atoms with Crippen molar-refractivity contribution in [2.24, 2.45) is 5.41 Å². The minimum atomic E-state index is -3.83. The third-order valence-corrected chi connectivity index (χ3v) is 5.32. The lowest BCUT2D eigenvalue weighted by molar-refractivity contribution is 0.0630. The molecule has 2 rings (SSSR count). The quantitative estimate of drug-likeness (QED) is 0.783. The van der Waals surface area contributed by atoms with Gasteiger partial charge in [-0.15, -0.1) is 0 Å². The Morgan fingerprint density at radius 1 is 1.19 bits per heavy atom. The SMILES string of the molecule is Cc1cc(C(=O)N2CCC(C)(C)CC2)cc(S(=O)(=O)Cl)c1. The van der Waals surface area contributed by atoms with Crippen LogP contribution in [0.4, 0.5) is 0 Å². The zero-order valence-corrected chi connectivity index (χ0v) is 14.1. The summed E-state index contributed by atoms with van der Waals surface area (Å²) in [6.45, 7) is 7.53. The number of likely N-dealkylation sites (tertiary alicyclic amines) is 1. The summed E-state index contributed by atoms with van der Waals surface area (Å²) in [5.41, 5.74) is 1.35. The van der Waals surface area contributed by atoms with Gasteiger partial charge in [-0.3, -0.25) is 4.79 Å². The number of halogens is 1. The molecule has 4 nitrogen and oxygen atoms in total. The highest BCUT2D eigenvalue weighted by Gasteiger charge is 2.28. The molecule has 1 amide bonds. The van der Waals surface area contributed by atoms with E-state index in [-0.39, 0.29) is 16.2 Å². The highest BCUT2D eigenvalue weighted by atomic mass is 35.7. The van der Waals surface area contributed by atoms with Gasteiger partial charge in [0.2, 0.25) is 0 Å². The van der Waals surface area contributed by atoms with Crippen molar-refractivity contribution in [3.05, 3.63) is 29.3 Å². The lowest BCUT2D eigenvalue weighted by Crippen LogP contribution is -2.41. The second kappa shape index (κ2) is 5.61. The molecule has 1 fully saturated rings. The monoisotopic (exact) mass is 329 g/mol. The maximum Gasteiger partial charge on any atom is 0.261 e. The molecule has 1 saturated heterocycles. The number of carbonyl (C=O) groups is 1. The second-order valence-electron chi connectivity index (χ2n) is 6.43. The van der Waals surface area contributed by atoms with Crippen LogP contribution in [-0.4, -0.2) is 32.3 Å². The number of hydrogen-bond donors (Lipinski definition) is 0. The summed E-state index contributed by atoms with van der Waals surface area (Å²) < 4.78 is 22.9. The third kappa shape index (κ3) is 3.98. The Morgan fingerprint density at radius 3 is 2.29 bits per heavy atom. The van der Waals surface area contributed by atoms with Crippen LogP contribution in [0.3, 0.4) is 0 Å². The first-order valence-electron chi connectivity index (χ1n) is 6.94. The Balaban J connectivity index is 2.26. The van der Waals surface area contributed by atoms with Crippen molar-refractivity contribution in [3.63, 3.8) is 0 Å². The van der Waals surface area contributed by atoms with Crippen LogP contribution in [0.1, 0.15) is 42.6 Å². The van der Waals surface area contributed by atoms with E-state index in [1.165, 1.54) is 12.1 Å². The summed E-state index contributed by atoms with van der Waals surface area (Å²) in [5, 5.41) is 0. The average Bonchev–Trinajstić information content (AvgIpc) is 2.36. The Kier molecular flexibility index (Phi) is 4.36. The van der Waals surface area contributed by atoms with Crippen LogP contribution in [0.15, 0.2) is 23.1 Å². The Hall–Kier alpha value is -1.07. The van der Waals surface area contributed by atoms with Crippen LogP contribution in [0.2, 0.25) is 0 Å². The molecule has 0 unspecified atom stereocenters. The topological polar surface area (TPSA) is 54.5 Å². The van der Waals surface area contributed by atoms with E-state index in [0.29, 0.717) is 24.2 Å². The Bertz CT molecular complexity index is 657. The maximum atomic E-state index is 12.5. The van der Waals surface area contributed by atoms with Crippen LogP contribution in [-0.2, 0) is 9.05 Å². The predicted octanol–water partition coefficient (Wildman–Crippen LogP) is 3.18. The van der Waals surface area contributed by atoms with E-state index in [1.807, 2.05) is 0 Å². The van der Waals surface area contributed by atoms with Crippen molar-refractivity contribution in [2.45, 2.75) is 38.5 Å². The molecule has 1 heterocycles. The van der Waals surface area contributed by atoms with Crippen LogP contribution in [0.25, 0.3) is 0 Å². The van der Waals surface area contributed by atoms with Crippen LogP contribution in [0, 0.1) is 12.3 Å². The van der Waals surface area contributed by atoms with Gasteiger partial charge in [-0.2, -0.15) is 0 Å². The standard InChI is InChI=1S/C15H20ClNO3S/c1-11-8-12(10-13(9-11)21(16,19)20)14(18)17-6-4-15(2,3)5-7-17/h8-10H,4-7H2,1-3H3. The number of rotatable bonds is 2. The first-order valence-corrected chi connectivity index (χ1v) is 9.25. The summed E-state index contributed by atoms with van der Waals surface area (Å²) in [5.74, 6) is -0.129. The normalized spacial score (nSPS) is 18.6. The van der Waals surface area contributed by atoms with Crippen molar-refractivity contribution in [1.82, 2.24) is 4.90 Å². The van der Waals surface area contributed by atoms with Crippen molar-refractivity contribution < 1.29 is 13.2 Å². The van der Waals surface area contributed by atoms with E-state index in [0.717, 1.165) is 12.8 Å². The first-order chi connectivity index (χ1) is 9.58. The minimum Gasteiger partial charge on any atom is -0.339 e. The summed E-state index contributed by atoms with van der Waals surface area (Å²) in [7, 11) is 1.55. The van der Waals surface area contributed by atoms with Gasteiger partial charge >= 0.3 is 0 Å². The van der Waals surface area contributed by atoms with Crippen molar-refractivity contribution >= 4 is 25.6 Å². The summed E-state index contributed by atoms with van der Waals surface area (Å²) in [6.07, 6.45) is 1.90. The molecular formula is C15H20ClNO3S. The lowest BCUT2D eigenvalue weighted by Gasteiger charge is -2.37. The van der Waals surface area contributed by atoms with Gasteiger partial charge in [0, 0.05) is 29.3 Å². The molecule has 0 saturated carbocycles. The van der Waals surface area contributed by atoms with Crippen LogP contribution >= 0.6 is 10.7 Å². The molecule has 1 aromatic rings. The highest BCUT2D eigenvalue weighted by molar-refractivity contribution is 8.13. The van der Waals surface area contributed by atoms with Crippen molar-refractivity contribution in [3.8, 4) is 0 Å². The average molecular weight is 330 g/mol. The fourth-order valence-electron chi connectivity index (χ4n) is 2.51. The van der Waals surface area contributed by atoms with Gasteiger partial charge in [-0.1, -0.05) is 13.8 Å². The third-order valence-electron chi connectivity index (χ3n) is 3.98. The van der Waals surface area contributed by atoms with E-state index in [9.17, 15) is 13.2 Å². The molecule has 21 heavy (non-hydrogen) atoms. The molecule has 0 radical (unpaired) electrons. The fourth-order valence-corrected chi connectivity index (χ4v) is 3.37. The number of carbonyl (C=O) groups excluding carboxylic acids is 1.